The van der Waals surface area contributed by atoms with E-state index in [1.807, 2.05) is 78.9 Å². The minimum absolute atomic E-state index is 0.153. The molecule has 0 bridgehead atoms. The number of hydrogen-bond acceptors (Lipinski definition) is 5. The second kappa shape index (κ2) is 8.81. The van der Waals surface area contributed by atoms with Gasteiger partial charge in [-0.05, 0) is 29.8 Å². The van der Waals surface area contributed by atoms with Gasteiger partial charge >= 0.3 is 0 Å². The monoisotopic (exact) mass is 420 g/mol. The summed E-state index contributed by atoms with van der Waals surface area (Å²) in [5, 5.41) is 8.25. The zero-order valence-electron chi connectivity index (χ0n) is 17.2. The van der Waals surface area contributed by atoms with Crippen molar-refractivity contribution in [3.63, 3.8) is 0 Å². The molecule has 1 amide bonds. The van der Waals surface area contributed by atoms with E-state index in [0.717, 1.165) is 22.0 Å². The molecule has 0 saturated carbocycles. The minimum atomic E-state index is -0.314. The third kappa shape index (κ3) is 4.11. The molecule has 0 saturated heterocycles. The fraction of sp³-hybridized carbons (Fsp3) is 0.0769. The third-order valence-electron chi connectivity index (χ3n) is 5.28. The van der Waals surface area contributed by atoms with E-state index in [2.05, 4.69) is 20.4 Å². The molecule has 1 atom stereocenters. The average Bonchev–Trinajstić information content (AvgIpc) is 3.32. The molecule has 0 radical (unpaired) electrons. The van der Waals surface area contributed by atoms with E-state index in [9.17, 15) is 4.79 Å². The lowest BCUT2D eigenvalue weighted by Gasteiger charge is -2.17. The predicted molar refractivity (Wildman–Crippen MR) is 122 cm³/mol. The van der Waals surface area contributed by atoms with Crippen LogP contribution in [0.3, 0.4) is 0 Å². The highest BCUT2D eigenvalue weighted by Crippen LogP contribution is 2.26. The summed E-state index contributed by atoms with van der Waals surface area (Å²) < 4.78 is 5.57. The van der Waals surface area contributed by atoms with Crippen molar-refractivity contribution in [2.45, 2.75) is 12.5 Å². The van der Waals surface area contributed by atoms with Crippen LogP contribution < -0.4 is 5.32 Å². The first kappa shape index (κ1) is 19.6. The van der Waals surface area contributed by atoms with Gasteiger partial charge in [0.05, 0.1) is 18.0 Å². The molecule has 0 spiro atoms. The Hall–Kier alpha value is -4.32. The van der Waals surface area contributed by atoms with Crippen molar-refractivity contribution in [3.8, 4) is 11.4 Å². The number of rotatable bonds is 6. The van der Waals surface area contributed by atoms with E-state index in [-0.39, 0.29) is 11.9 Å². The van der Waals surface area contributed by atoms with Crippen LogP contribution in [-0.2, 0) is 6.42 Å². The van der Waals surface area contributed by atoms with E-state index < -0.39 is 0 Å². The van der Waals surface area contributed by atoms with Crippen molar-refractivity contribution < 1.29 is 9.32 Å². The number of pyridine rings is 1. The number of fused-ring (bicyclic) bond motifs is 1. The zero-order valence-corrected chi connectivity index (χ0v) is 17.2. The number of nitrogens with one attached hydrogen (secondary N) is 1. The summed E-state index contributed by atoms with van der Waals surface area (Å²) in [4.78, 5) is 21.8. The summed E-state index contributed by atoms with van der Waals surface area (Å²) in [5.41, 5.74) is 3.29. The molecule has 156 valence electrons. The molecule has 6 heteroatoms. The van der Waals surface area contributed by atoms with E-state index in [0.29, 0.717) is 23.7 Å². The first-order valence-corrected chi connectivity index (χ1v) is 10.4. The standard InChI is InChI=1S/C26H20N4O2/c31-26(19-11-5-2-6-12-19)28-23(18-9-3-1-4-10-18)17-24-29-25(30-32-24)21-13-7-15-22-20(21)14-8-16-27-22/h1-16,23H,17H2,(H,28,31). The zero-order chi connectivity index (χ0) is 21.8. The van der Waals surface area contributed by atoms with Crippen molar-refractivity contribution in [1.29, 1.82) is 0 Å². The number of amides is 1. The fourth-order valence-corrected chi connectivity index (χ4v) is 3.69. The van der Waals surface area contributed by atoms with E-state index >= 15 is 0 Å². The van der Waals surface area contributed by atoms with Crippen LogP contribution in [-0.4, -0.2) is 21.0 Å². The number of carbonyl (C=O) groups excluding carboxylic acids is 1. The molecule has 5 rings (SSSR count). The Labute approximate surface area is 184 Å². The Morgan fingerprint density at radius 2 is 1.66 bits per heavy atom. The summed E-state index contributed by atoms with van der Waals surface area (Å²) in [6.45, 7) is 0. The van der Waals surface area contributed by atoms with Crippen molar-refractivity contribution in [3.05, 3.63) is 114 Å². The predicted octanol–water partition coefficient (Wildman–Crippen LogP) is 5.00. The third-order valence-corrected chi connectivity index (χ3v) is 5.28. The molecule has 1 N–H and O–H groups in total. The van der Waals surface area contributed by atoms with Gasteiger partial charge in [0.1, 0.15) is 0 Å². The largest absolute Gasteiger partial charge is 0.345 e. The maximum Gasteiger partial charge on any atom is 0.251 e. The first-order chi connectivity index (χ1) is 15.8. The van der Waals surface area contributed by atoms with Crippen LogP contribution in [0.5, 0.6) is 0 Å². The molecule has 0 aliphatic rings. The Bertz CT molecular complexity index is 1340. The van der Waals surface area contributed by atoms with Gasteiger partial charge in [-0.2, -0.15) is 4.98 Å². The molecule has 2 heterocycles. The van der Waals surface area contributed by atoms with E-state index in [1.165, 1.54) is 0 Å². The van der Waals surface area contributed by atoms with Crippen LogP contribution in [0.15, 0.2) is 102 Å². The molecular formula is C26H20N4O2. The number of nitrogens with zero attached hydrogens (tertiary/aromatic N) is 3. The molecule has 1 unspecified atom stereocenters. The highest BCUT2D eigenvalue weighted by atomic mass is 16.5. The normalized spacial score (nSPS) is 11.9. The molecular weight excluding hydrogens is 400 g/mol. The number of carbonyl (C=O) groups is 1. The van der Waals surface area contributed by atoms with Gasteiger partial charge in [0.2, 0.25) is 11.7 Å². The van der Waals surface area contributed by atoms with Gasteiger partial charge in [0.25, 0.3) is 5.91 Å². The molecule has 6 nitrogen and oxygen atoms in total. The molecule has 2 aromatic heterocycles. The molecule has 0 fully saturated rings. The van der Waals surface area contributed by atoms with Crippen LogP contribution >= 0.6 is 0 Å². The number of hydrogen-bond donors (Lipinski definition) is 1. The topological polar surface area (TPSA) is 80.9 Å². The Morgan fingerprint density at radius 3 is 2.47 bits per heavy atom. The van der Waals surface area contributed by atoms with Crippen molar-refractivity contribution in [2.24, 2.45) is 0 Å². The van der Waals surface area contributed by atoms with Crippen LogP contribution in [0.1, 0.15) is 27.9 Å². The summed E-state index contributed by atoms with van der Waals surface area (Å²) in [7, 11) is 0. The SMILES string of the molecule is O=C(NC(Cc1nc(-c2cccc3ncccc23)no1)c1ccccc1)c1ccccc1. The van der Waals surface area contributed by atoms with Gasteiger partial charge in [-0.15, -0.1) is 0 Å². The summed E-state index contributed by atoms with van der Waals surface area (Å²) in [6, 6.07) is 28.3. The van der Waals surface area contributed by atoms with Crippen molar-refractivity contribution in [2.75, 3.05) is 0 Å². The van der Waals surface area contributed by atoms with Crippen molar-refractivity contribution in [1.82, 2.24) is 20.4 Å². The lowest BCUT2D eigenvalue weighted by atomic mass is 10.0. The molecule has 3 aromatic carbocycles. The quantitative estimate of drug-likeness (QED) is 0.418. The van der Waals surface area contributed by atoms with Crippen LogP contribution in [0.25, 0.3) is 22.3 Å². The maximum atomic E-state index is 12.8. The lowest BCUT2D eigenvalue weighted by molar-refractivity contribution is 0.0935. The summed E-state index contributed by atoms with van der Waals surface area (Å²) in [6.07, 6.45) is 2.13. The Kier molecular flexibility index (Phi) is 5.41. The lowest BCUT2D eigenvalue weighted by Crippen LogP contribution is -2.30. The summed E-state index contributed by atoms with van der Waals surface area (Å²) in [5.74, 6) is 0.794. The van der Waals surface area contributed by atoms with Gasteiger partial charge in [-0.25, -0.2) is 0 Å². The van der Waals surface area contributed by atoms with Crippen LogP contribution in [0.2, 0.25) is 0 Å². The second-order valence-electron chi connectivity index (χ2n) is 7.39. The summed E-state index contributed by atoms with van der Waals surface area (Å²) >= 11 is 0. The second-order valence-corrected chi connectivity index (χ2v) is 7.39. The molecule has 32 heavy (non-hydrogen) atoms. The number of benzene rings is 3. The number of aromatic nitrogens is 3. The highest BCUT2D eigenvalue weighted by molar-refractivity contribution is 5.94. The van der Waals surface area contributed by atoms with Gasteiger partial charge < -0.3 is 9.84 Å². The maximum absolute atomic E-state index is 12.8. The van der Waals surface area contributed by atoms with Gasteiger partial charge in [0.15, 0.2) is 0 Å². The van der Waals surface area contributed by atoms with E-state index in [4.69, 9.17) is 4.52 Å². The van der Waals surface area contributed by atoms with Gasteiger partial charge in [-0.3, -0.25) is 9.78 Å². The van der Waals surface area contributed by atoms with Crippen molar-refractivity contribution >= 4 is 16.8 Å². The minimum Gasteiger partial charge on any atom is -0.345 e. The first-order valence-electron chi connectivity index (χ1n) is 10.4. The van der Waals surface area contributed by atoms with Gasteiger partial charge in [-0.1, -0.05) is 71.9 Å². The van der Waals surface area contributed by atoms with Gasteiger partial charge in [0, 0.05) is 22.7 Å². The van der Waals surface area contributed by atoms with Crippen LogP contribution in [0, 0.1) is 0 Å². The molecule has 0 aliphatic carbocycles. The molecule has 5 aromatic rings. The average molecular weight is 420 g/mol. The smallest absolute Gasteiger partial charge is 0.251 e. The Balaban J connectivity index is 1.43. The Morgan fingerprint density at radius 1 is 0.875 bits per heavy atom. The van der Waals surface area contributed by atoms with E-state index in [1.54, 1.807) is 18.3 Å². The fourth-order valence-electron chi connectivity index (χ4n) is 3.69. The van der Waals surface area contributed by atoms with Crippen LogP contribution in [0.4, 0.5) is 0 Å². The highest BCUT2D eigenvalue weighted by Gasteiger charge is 2.20. The molecule has 0 aliphatic heterocycles.